The Morgan fingerprint density at radius 1 is 1.67 bits per heavy atom. The molecule has 0 aromatic rings. The van der Waals surface area contributed by atoms with Crippen LogP contribution in [0.1, 0.15) is 33.1 Å². The zero-order chi connectivity index (χ0) is 8.97. The maximum absolute atomic E-state index is 11.1. The maximum Gasteiger partial charge on any atom is 0.307 e. The molecule has 0 aromatic carbocycles. The van der Waals surface area contributed by atoms with Gasteiger partial charge in [-0.05, 0) is 33.2 Å². The second-order valence-corrected chi connectivity index (χ2v) is 3.54. The molecule has 0 unspecified atom stereocenters. The van der Waals surface area contributed by atoms with Gasteiger partial charge < -0.3 is 10.1 Å². The molecule has 1 N–H and O–H groups in total. The Labute approximate surface area is 73.5 Å². The molecule has 1 rings (SSSR count). The van der Waals surface area contributed by atoms with E-state index in [2.05, 4.69) is 5.32 Å². The Morgan fingerprint density at radius 3 is 2.92 bits per heavy atom. The average molecular weight is 171 g/mol. The van der Waals surface area contributed by atoms with Crippen LogP contribution in [-0.2, 0) is 9.53 Å². The van der Waals surface area contributed by atoms with Gasteiger partial charge >= 0.3 is 5.97 Å². The van der Waals surface area contributed by atoms with Crippen LogP contribution in [0.15, 0.2) is 0 Å². The lowest BCUT2D eigenvalue weighted by atomic mass is 10.2. The van der Waals surface area contributed by atoms with Gasteiger partial charge in [0, 0.05) is 6.04 Å². The van der Waals surface area contributed by atoms with Crippen molar-refractivity contribution in [2.75, 3.05) is 6.54 Å². The van der Waals surface area contributed by atoms with Crippen LogP contribution in [0.5, 0.6) is 0 Å². The summed E-state index contributed by atoms with van der Waals surface area (Å²) >= 11 is 0. The van der Waals surface area contributed by atoms with Gasteiger partial charge in [-0.15, -0.1) is 0 Å². The lowest BCUT2D eigenvalue weighted by Gasteiger charge is -2.11. The number of carbonyl (C=O) groups is 1. The second-order valence-electron chi connectivity index (χ2n) is 3.54. The minimum Gasteiger partial charge on any atom is -0.463 e. The fourth-order valence-corrected chi connectivity index (χ4v) is 1.44. The van der Waals surface area contributed by atoms with Crippen LogP contribution in [0.4, 0.5) is 0 Å². The monoisotopic (exact) mass is 171 g/mol. The molecule has 1 aliphatic rings. The Morgan fingerprint density at radius 2 is 2.42 bits per heavy atom. The highest BCUT2D eigenvalue weighted by molar-refractivity contribution is 5.70. The number of rotatable bonds is 3. The van der Waals surface area contributed by atoms with Gasteiger partial charge in [0.25, 0.3) is 0 Å². The fraction of sp³-hybridized carbons (Fsp3) is 0.889. The number of hydrogen-bond acceptors (Lipinski definition) is 3. The maximum atomic E-state index is 11.1. The third-order valence-electron chi connectivity index (χ3n) is 1.94. The number of esters is 1. The second kappa shape index (κ2) is 4.45. The summed E-state index contributed by atoms with van der Waals surface area (Å²) in [6.45, 7) is 4.79. The van der Waals surface area contributed by atoms with Crippen LogP contribution < -0.4 is 5.32 Å². The SMILES string of the molecule is CC(C)OC(=O)C[C@@H]1CCCN1. The van der Waals surface area contributed by atoms with E-state index in [1.165, 1.54) is 6.42 Å². The van der Waals surface area contributed by atoms with Gasteiger partial charge in [0.1, 0.15) is 0 Å². The highest BCUT2D eigenvalue weighted by atomic mass is 16.5. The van der Waals surface area contributed by atoms with Gasteiger partial charge in [0.2, 0.25) is 0 Å². The number of carbonyl (C=O) groups excluding carboxylic acids is 1. The standard InChI is InChI=1S/C9H17NO2/c1-7(2)12-9(11)6-8-4-3-5-10-8/h7-8,10H,3-6H2,1-2H3/t8-/m0/s1. The van der Waals surface area contributed by atoms with Crippen molar-refractivity contribution in [2.24, 2.45) is 0 Å². The molecule has 1 aliphatic heterocycles. The van der Waals surface area contributed by atoms with Crippen LogP contribution in [0, 0.1) is 0 Å². The minimum absolute atomic E-state index is 0.0129. The van der Waals surface area contributed by atoms with Gasteiger partial charge in [-0.1, -0.05) is 0 Å². The summed E-state index contributed by atoms with van der Waals surface area (Å²) in [5.41, 5.74) is 0. The summed E-state index contributed by atoms with van der Waals surface area (Å²) in [5.74, 6) is -0.0793. The molecular weight excluding hydrogens is 154 g/mol. The third-order valence-corrected chi connectivity index (χ3v) is 1.94. The Hall–Kier alpha value is -0.570. The van der Waals surface area contributed by atoms with Crippen LogP contribution >= 0.6 is 0 Å². The third kappa shape index (κ3) is 3.22. The highest BCUT2D eigenvalue weighted by Crippen LogP contribution is 2.09. The zero-order valence-corrected chi connectivity index (χ0v) is 7.80. The summed E-state index contributed by atoms with van der Waals surface area (Å²) in [4.78, 5) is 11.1. The van der Waals surface area contributed by atoms with Gasteiger partial charge in [-0.2, -0.15) is 0 Å². The van der Waals surface area contributed by atoms with E-state index in [1.807, 2.05) is 13.8 Å². The van der Waals surface area contributed by atoms with E-state index in [-0.39, 0.29) is 12.1 Å². The minimum atomic E-state index is -0.0793. The van der Waals surface area contributed by atoms with Crippen molar-refractivity contribution in [3.05, 3.63) is 0 Å². The van der Waals surface area contributed by atoms with Crippen molar-refractivity contribution in [3.8, 4) is 0 Å². The number of nitrogens with one attached hydrogen (secondary N) is 1. The Kier molecular flexibility index (Phi) is 3.53. The molecule has 1 atom stereocenters. The summed E-state index contributed by atoms with van der Waals surface area (Å²) < 4.78 is 5.03. The lowest BCUT2D eigenvalue weighted by Crippen LogP contribution is -2.26. The van der Waals surface area contributed by atoms with Crippen molar-refractivity contribution in [1.82, 2.24) is 5.32 Å². The predicted molar refractivity (Wildman–Crippen MR) is 46.9 cm³/mol. The average Bonchev–Trinajstić information content (AvgIpc) is 2.37. The largest absolute Gasteiger partial charge is 0.463 e. The molecule has 0 amide bonds. The van der Waals surface area contributed by atoms with Crippen LogP contribution in [0.3, 0.4) is 0 Å². The quantitative estimate of drug-likeness (QED) is 0.646. The molecule has 1 fully saturated rings. The van der Waals surface area contributed by atoms with Gasteiger partial charge in [-0.25, -0.2) is 0 Å². The van der Waals surface area contributed by atoms with Crippen LogP contribution in [-0.4, -0.2) is 24.7 Å². The molecule has 12 heavy (non-hydrogen) atoms. The van der Waals surface area contributed by atoms with Crippen molar-refractivity contribution in [1.29, 1.82) is 0 Å². The van der Waals surface area contributed by atoms with E-state index >= 15 is 0 Å². The summed E-state index contributed by atoms with van der Waals surface area (Å²) in [5, 5.41) is 3.26. The fourth-order valence-electron chi connectivity index (χ4n) is 1.44. The number of ether oxygens (including phenoxy) is 1. The van der Waals surface area contributed by atoms with Gasteiger partial charge in [0.15, 0.2) is 0 Å². The van der Waals surface area contributed by atoms with E-state index in [9.17, 15) is 4.79 Å². The van der Waals surface area contributed by atoms with E-state index in [1.54, 1.807) is 0 Å². The first kappa shape index (κ1) is 9.52. The molecule has 70 valence electrons. The molecular formula is C9H17NO2. The van der Waals surface area contributed by atoms with E-state index in [0.29, 0.717) is 12.5 Å². The normalized spacial score (nSPS) is 23.1. The first-order chi connectivity index (χ1) is 5.68. The summed E-state index contributed by atoms with van der Waals surface area (Å²) in [6, 6.07) is 0.358. The smallest absolute Gasteiger partial charge is 0.307 e. The van der Waals surface area contributed by atoms with E-state index in [4.69, 9.17) is 4.74 Å². The molecule has 0 aliphatic carbocycles. The Bertz CT molecular complexity index is 151. The highest BCUT2D eigenvalue weighted by Gasteiger charge is 2.18. The molecule has 0 spiro atoms. The molecule has 1 heterocycles. The molecule has 0 bridgehead atoms. The zero-order valence-electron chi connectivity index (χ0n) is 7.80. The van der Waals surface area contributed by atoms with Crippen LogP contribution in [0.25, 0.3) is 0 Å². The van der Waals surface area contributed by atoms with E-state index in [0.717, 1.165) is 13.0 Å². The van der Waals surface area contributed by atoms with Crippen LogP contribution in [0.2, 0.25) is 0 Å². The number of hydrogen-bond donors (Lipinski definition) is 1. The van der Waals surface area contributed by atoms with Crippen molar-refractivity contribution >= 4 is 5.97 Å². The molecule has 0 saturated carbocycles. The molecule has 0 aromatic heterocycles. The van der Waals surface area contributed by atoms with E-state index < -0.39 is 0 Å². The summed E-state index contributed by atoms with van der Waals surface area (Å²) in [6.07, 6.45) is 2.82. The molecule has 0 radical (unpaired) electrons. The Balaban J connectivity index is 2.16. The van der Waals surface area contributed by atoms with Crippen molar-refractivity contribution in [3.63, 3.8) is 0 Å². The summed E-state index contributed by atoms with van der Waals surface area (Å²) in [7, 11) is 0. The first-order valence-corrected chi connectivity index (χ1v) is 4.61. The van der Waals surface area contributed by atoms with Gasteiger partial charge in [-0.3, -0.25) is 4.79 Å². The molecule has 3 heteroatoms. The lowest BCUT2D eigenvalue weighted by molar-refractivity contribution is -0.147. The van der Waals surface area contributed by atoms with Crippen molar-refractivity contribution in [2.45, 2.75) is 45.3 Å². The molecule has 1 saturated heterocycles. The van der Waals surface area contributed by atoms with Gasteiger partial charge in [0.05, 0.1) is 12.5 Å². The molecule has 3 nitrogen and oxygen atoms in total. The first-order valence-electron chi connectivity index (χ1n) is 4.61. The van der Waals surface area contributed by atoms with Crippen molar-refractivity contribution < 1.29 is 9.53 Å². The predicted octanol–water partition coefficient (Wildman–Crippen LogP) is 1.08. The topological polar surface area (TPSA) is 38.3 Å².